The van der Waals surface area contributed by atoms with Crippen molar-refractivity contribution in [3.63, 3.8) is 0 Å². The summed E-state index contributed by atoms with van der Waals surface area (Å²) in [6, 6.07) is 6.25. The maximum atomic E-state index is 12.8. The lowest BCUT2D eigenvalue weighted by Crippen LogP contribution is -2.52. The Hall–Kier alpha value is -1.12. The van der Waals surface area contributed by atoms with Crippen molar-refractivity contribution in [2.75, 3.05) is 13.1 Å². The summed E-state index contributed by atoms with van der Waals surface area (Å²) in [5, 5.41) is 0. The summed E-state index contributed by atoms with van der Waals surface area (Å²) < 4.78 is 66.5. The smallest absolute Gasteiger partial charge is 0.195 e. The Bertz CT molecular complexity index is 809. The van der Waals surface area contributed by atoms with E-state index in [1.807, 2.05) is 13.0 Å². The third-order valence-electron chi connectivity index (χ3n) is 6.07. The molecule has 138 valence electrons. The van der Waals surface area contributed by atoms with Crippen LogP contribution in [0.1, 0.15) is 29.5 Å². The van der Waals surface area contributed by atoms with Gasteiger partial charge in [-0.25, -0.2) is 0 Å². The molecule has 4 nitrogen and oxygen atoms in total. The minimum atomic E-state index is -4.54. The van der Waals surface area contributed by atoms with E-state index >= 15 is 0 Å². The average molecular weight is 374 g/mol. The molecule has 1 aromatic rings. The number of benzene rings is 1. The Morgan fingerprint density at radius 3 is 2.48 bits per heavy atom. The molecule has 1 spiro atoms. The van der Waals surface area contributed by atoms with E-state index in [4.69, 9.17) is 0 Å². The van der Waals surface area contributed by atoms with Crippen LogP contribution in [0, 0.1) is 18.8 Å². The first-order valence-corrected chi connectivity index (χ1v) is 9.97. The van der Waals surface area contributed by atoms with E-state index in [0.717, 1.165) is 24.8 Å². The molecule has 4 rings (SSSR count). The molecule has 3 atom stereocenters. The molecule has 1 aliphatic heterocycles. The maximum absolute atomic E-state index is 12.8. The van der Waals surface area contributed by atoms with Crippen LogP contribution in [0.25, 0.3) is 0 Å². The van der Waals surface area contributed by atoms with Crippen molar-refractivity contribution < 1.29 is 21.6 Å². The minimum Gasteiger partial charge on any atom is -0.195 e. The molecule has 2 bridgehead atoms. The fourth-order valence-corrected chi connectivity index (χ4v) is 6.68. The van der Waals surface area contributed by atoms with E-state index in [0.29, 0.717) is 10.7 Å². The highest BCUT2D eigenvalue weighted by Crippen LogP contribution is 2.50. The number of halogens is 3. The lowest BCUT2D eigenvalue weighted by molar-refractivity contribution is -0.136. The third-order valence-corrected chi connectivity index (χ3v) is 7.64. The molecule has 1 saturated heterocycles. The van der Waals surface area contributed by atoms with Gasteiger partial charge in [0.25, 0.3) is 10.2 Å². The summed E-state index contributed by atoms with van der Waals surface area (Å²) in [5.74, 6) is 0.0722. The SMILES string of the molecule is Cc1ccc2c(c1)C[C@@H]1CC[C@H](C2)[C@]12CN(CC(F)(F)F)S(=O)(=O)N2. The molecule has 25 heavy (non-hydrogen) atoms. The van der Waals surface area contributed by atoms with Gasteiger partial charge in [0.15, 0.2) is 0 Å². The van der Waals surface area contributed by atoms with Gasteiger partial charge >= 0.3 is 6.18 Å². The number of rotatable bonds is 1. The van der Waals surface area contributed by atoms with Gasteiger partial charge in [-0.3, -0.25) is 0 Å². The number of fused-ring (bicyclic) bond motifs is 1. The highest BCUT2D eigenvalue weighted by atomic mass is 32.2. The minimum absolute atomic E-state index is 0.0357. The number of nitrogens with zero attached hydrogens (tertiary/aromatic N) is 1. The van der Waals surface area contributed by atoms with Crippen molar-refractivity contribution in [3.8, 4) is 0 Å². The van der Waals surface area contributed by atoms with Gasteiger partial charge in [-0.1, -0.05) is 23.8 Å². The summed E-state index contributed by atoms with van der Waals surface area (Å²) in [7, 11) is -4.10. The number of nitrogens with one attached hydrogen (secondary N) is 1. The molecule has 0 unspecified atom stereocenters. The molecule has 0 radical (unpaired) electrons. The van der Waals surface area contributed by atoms with Crippen LogP contribution in [0.4, 0.5) is 13.2 Å². The van der Waals surface area contributed by atoms with Crippen molar-refractivity contribution in [2.24, 2.45) is 11.8 Å². The zero-order chi connectivity index (χ0) is 18.0. The summed E-state index contributed by atoms with van der Waals surface area (Å²) in [6.07, 6.45) is -1.41. The second-order valence-corrected chi connectivity index (χ2v) is 9.35. The lowest BCUT2D eigenvalue weighted by atomic mass is 9.79. The second-order valence-electron chi connectivity index (χ2n) is 7.68. The van der Waals surface area contributed by atoms with Crippen LogP contribution in [0.5, 0.6) is 0 Å². The zero-order valence-corrected chi connectivity index (χ0v) is 14.8. The summed E-state index contributed by atoms with van der Waals surface area (Å²) in [4.78, 5) is 0. The van der Waals surface area contributed by atoms with Crippen LogP contribution in [-0.4, -0.2) is 37.5 Å². The molecule has 1 heterocycles. The van der Waals surface area contributed by atoms with Gasteiger partial charge in [0.1, 0.15) is 6.54 Å². The molecule has 2 fully saturated rings. The number of hydrogen-bond donors (Lipinski definition) is 1. The molecule has 3 aliphatic rings. The molecular formula is C17H21F3N2O2S. The van der Waals surface area contributed by atoms with Crippen LogP contribution >= 0.6 is 0 Å². The monoisotopic (exact) mass is 374 g/mol. The molecule has 1 saturated carbocycles. The Morgan fingerprint density at radius 2 is 1.84 bits per heavy atom. The van der Waals surface area contributed by atoms with E-state index in [1.165, 1.54) is 11.1 Å². The molecule has 1 aromatic carbocycles. The summed E-state index contributed by atoms with van der Waals surface area (Å²) in [6.45, 7) is 0.509. The molecular weight excluding hydrogens is 353 g/mol. The van der Waals surface area contributed by atoms with Gasteiger partial charge in [0, 0.05) is 6.54 Å². The van der Waals surface area contributed by atoms with Gasteiger partial charge in [-0.05, 0) is 55.6 Å². The average Bonchev–Trinajstić information content (AvgIpc) is 2.84. The van der Waals surface area contributed by atoms with Crippen LogP contribution in [-0.2, 0) is 23.1 Å². The molecule has 2 aliphatic carbocycles. The van der Waals surface area contributed by atoms with Crippen molar-refractivity contribution in [2.45, 2.75) is 44.3 Å². The third kappa shape index (κ3) is 2.88. The van der Waals surface area contributed by atoms with E-state index in [1.54, 1.807) is 0 Å². The van der Waals surface area contributed by atoms with E-state index in [-0.39, 0.29) is 18.4 Å². The quantitative estimate of drug-likeness (QED) is 0.821. The van der Waals surface area contributed by atoms with Crippen molar-refractivity contribution >= 4 is 10.2 Å². The fraction of sp³-hybridized carbons (Fsp3) is 0.647. The van der Waals surface area contributed by atoms with Gasteiger partial charge in [-0.15, -0.1) is 0 Å². The van der Waals surface area contributed by atoms with Gasteiger partial charge in [0.2, 0.25) is 0 Å². The highest BCUT2D eigenvalue weighted by Gasteiger charge is 2.60. The highest BCUT2D eigenvalue weighted by molar-refractivity contribution is 7.87. The normalized spacial score (nSPS) is 34.2. The second kappa shape index (κ2) is 5.44. The molecule has 1 N–H and O–H groups in total. The predicted molar refractivity (Wildman–Crippen MR) is 87.2 cm³/mol. The molecule has 0 aromatic heterocycles. The topological polar surface area (TPSA) is 49.4 Å². The van der Waals surface area contributed by atoms with Gasteiger partial charge in [0.05, 0.1) is 5.54 Å². The van der Waals surface area contributed by atoms with Crippen molar-refractivity contribution in [1.82, 2.24) is 9.03 Å². The number of aryl methyl sites for hydroxylation is 1. The Kier molecular flexibility index (Phi) is 3.76. The van der Waals surface area contributed by atoms with Crippen LogP contribution in [0.3, 0.4) is 0 Å². The standard InChI is InChI=1S/C17H21F3N2O2S/c1-11-2-3-12-7-14-4-5-15(8-13(12)6-11)16(14)9-22(10-17(18,19)20)25(23,24)21-16/h2-3,6,14-15,21H,4-5,7-10H2,1H3/t14-,15+,16-/m1/s1. The largest absolute Gasteiger partial charge is 0.402 e. The van der Waals surface area contributed by atoms with Crippen molar-refractivity contribution in [3.05, 3.63) is 34.9 Å². The van der Waals surface area contributed by atoms with E-state index in [9.17, 15) is 21.6 Å². The summed E-state index contributed by atoms with van der Waals surface area (Å²) in [5.41, 5.74) is 2.78. The van der Waals surface area contributed by atoms with E-state index < -0.39 is 28.5 Å². The Morgan fingerprint density at radius 1 is 1.20 bits per heavy atom. The molecule has 8 heteroatoms. The van der Waals surface area contributed by atoms with Crippen LogP contribution < -0.4 is 4.72 Å². The van der Waals surface area contributed by atoms with Crippen molar-refractivity contribution in [1.29, 1.82) is 0 Å². The van der Waals surface area contributed by atoms with Crippen LogP contribution in [0.15, 0.2) is 18.2 Å². The summed E-state index contributed by atoms with van der Waals surface area (Å²) >= 11 is 0. The van der Waals surface area contributed by atoms with Gasteiger partial charge < -0.3 is 0 Å². The fourth-order valence-electron chi connectivity index (χ4n) is 4.97. The maximum Gasteiger partial charge on any atom is 0.402 e. The Labute approximate surface area is 145 Å². The molecule has 0 amide bonds. The number of alkyl halides is 3. The van der Waals surface area contributed by atoms with Gasteiger partial charge in [-0.2, -0.15) is 30.6 Å². The number of hydrogen-bond acceptors (Lipinski definition) is 2. The lowest BCUT2D eigenvalue weighted by Gasteiger charge is -2.33. The first kappa shape index (κ1) is 17.3. The van der Waals surface area contributed by atoms with E-state index in [2.05, 4.69) is 16.9 Å². The predicted octanol–water partition coefficient (Wildman–Crippen LogP) is 2.57. The zero-order valence-electron chi connectivity index (χ0n) is 13.9. The first-order valence-electron chi connectivity index (χ1n) is 8.53. The Balaban J connectivity index is 1.70. The first-order chi connectivity index (χ1) is 11.6. The van der Waals surface area contributed by atoms with Crippen LogP contribution in [0.2, 0.25) is 0 Å².